The molecule has 2 rings (SSSR count). The van der Waals surface area contributed by atoms with Crippen LogP contribution in [0.25, 0.3) is 0 Å². The first kappa shape index (κ1) is 20.4. The van der Waals surface area contributed by atoms with Crippen LogP contribution in [0.5, 0.6) is 5.75 Å². The quantitative estimate of drug-likeness (QED) is 0.652. The van der Waals surface area contributed by atoms with Crippen LogP contribution in [-0.4, -0.2) is 12.7 Å². The lowest BCUT2D eigenvalue weighted by Crippen LogP contribution is -2.16. The first-order chi connectivity index (χ1) is 11.6. The van der Waals surface area contributed by atoms with Crippen LogP contribution in [0, 0.1) is 11.3 Å². The van der Waals surface area contributed by atoms with Gasteiger partial charge in [0.25, 0.3) is 0 Å². The van der Waals surface area contributed by atoms with Gasteiger partial charge in [-0.05, 0) is 24.3 Å². The summed E-state index contributed by atoms with van der Waals surface area (Å²) >= 11 is 0. The average Bonchev–Trinajstić information content (AvgIpc) is 2.54. The summed E-state index contributed by atoms with van der Waals surface area (Å²) in [5.74, 6) is -1.42. The molecule has 0 atom stereocenters. The summed E-state index contributed by atoms with van der Waals surface area (Å²) in [5.41, 5.74) is -2.45. The molecule has 0 saturated heterocycles. The number of halogens is 6. The van der Waals surface area contributed by atoms with Crippen molar-refractivity contribution in [2.45, 2.75) is 12.4 Å². The molecule has 0 radical (unpaired) electrons. The van der Waals surface area contributed by atoms with Gasteiger partial charge in [-0.2, -0.15) is 31.6 Å². The molecule has 0 fully saturated rings. The van der Waals surface area contributed by atoms with Crippen LogP contribution in [0.3, 0.4) is 0 Å². The molecule has 2 aromatic carbocycles. The molecule has 10 heteroatoms. The van der Waals surface area contributed by atoms with Gasteiger partial charge < -0.3 is 9.68 Å². The Morgan fingerprint density at radius 1 is 0.840 bits per heavy atom. The van der Waals surface area contributed by atoms with Gasteiger partial charge in [0, 0.05) is 0 Å². The second-order valence-corrected chi connectivity index (χ2v) is 4.43. The fraction of sp³-hybridized carbons (Fsp3) is 0.133. The van der Waals surface area contributed by atoms with Gasteiger partial charge in [-0.1, -0.05) is 24.3 Å². The molecule has 0 amide bonds. The molecule has 0 heterocycles. The van der Waals surface area contributed by atoms with Crippen molar-refractivity contribution in [1.29, 1.82) is 5.26 Å². The molecule has 0 bridgehead atoms. The van der Waals surface area contributed by atoms with Crippen LogP contribution in [0.4, 0.5) is 26.3 Å². The van der Waals surface area contributed by atoms with E-state index in [0.29, 0.717) is 23.8 Å². The fourth-order valence-corrected chi connectivity index (χ4v) is 1.72. The van der Waals surface area contributed by atoms with E-state index in [1.807, 2.05) is 24.3 Å². The Morgan fingerprint density at radius 2 is 1.32 bits per heavy atom. The van der Waals surface area contributed by atoms with E-state index in [0.717, 1.165) is 0 Å². The molecule has 0 aromatic heterocycles. The summed E-state index contributed by atoms with van der Waals surface area (Å²) in [6.07, 6.45) is -9.99. The molecule has 0 aliphatic rings. The third-order valence-electron chi connectivity index (χ3n) is 2.74. The zero-order chi connectivity index (χ0) is 19.1. The molecule has 0 aliphatic carbocycles. The Bertz CT molecular complexity index is 693. The molecule has 3 nitrogen and oxygen atoms in total. The second kappa shape index (κ2) is 8.44. The summed E-state index contributed by atoms with van der Waals surface area (Å²) in [4.78, 5) is 0. The maximum atomic E-state index is 12.4. The van der Waals surface area contributed by atoms with Crippen LogP contribution in [0.2, 0.25) is 0 Å². The van der Waals surface area contributed by atoms with Crippen molar-refractivity contribution in [2.24, 2.45) is 0 Å². The lowest BCUT2D eigenvalue weighted by molar-refractivity contribution is -0.144. The van der Waals surface area contributed by atoms with E-state index >= 15 is 0 Å². The summed E-state index contributed by atoms with van der Waals surface area (Å²) in [7, 11) is -1.28. The molecular weight excluding hydrogens is 351 g/mol. The molecule has 0 spiro atoms. The van der Waals surface area contributed by atoms with E-state index in [2.05, 4.69) is 4.65 Å². The van der Waals surface area contributed by atoms with Crippen molar-refractivity contribution in [2.75, 3.05) is 0 Å². The fourth-order valence-electron chi connectivity index (χ4n) is 1.72. The lowest BCUT2D eigenvalue weighted by Gasteiger charge is -2.18. The molecule has 0 unspecified atom stereocenters. The van der Waals surface area contributed by atoms with Crippen molar-refractivity contribution < 1.29 is 36.0 Å². The van der Waals surface area contributed by atoms with Gasteiger partial charge in [-0.15, -0.1) is 0 Å². The number of nitrogens with zero attached hydrogens (tertiary/aromatic N) is 1. The van der Waals surface area contributed by atoms with E-state index in [9.17, 15) is 26.3 Å². The van der Waals surface area contributed by atoms with Gasteiger partial charge in [-0.25, -0.2) is 0 Å². The number of benzene rings is 2. The standard InChI is InChI=1S/C8H5BF6O2.C7H5N/c10-7(11,12)4-2-1-3-5(8(13,14)15)6(4)17-9-16;8-6-7-4-2-1-3-5-7/h1-3,9,16H;1-5H. The van der Waals surface area contributed by atoms with Crippen LogP contribution >= 0.6 is 0 Å². The van der Waals surface area contributed by atoms with Crippen molar-refractivity contribution in [3.63, 3.8) is 0 Å². The summed E-state index contributed by atoms with van der Waals surface area (Å²) < 4.78 is 78.5. The minimum Gasteiger partial charge on any atom is -0.538 e. The van der Waals surface area contributed by atoms with Crippen molar-refractivity contribution >= 4 is 7.69 Å². The van der Waals surface area contributed by atoms with Gasteiger partial charge in [-0.3, -0.25) is 0 Å². The third kappa shape index (κ3) is 6.04. The van der Waals surface area contributed by atoms with Crippen LogP contribution in [-0.2, 0) is 12.4 Å². The molecule has 2 aromatic rings. The van der Waals surface area contributed by atoms with Crippen LogP contribution < -0.4 is 4.65 Å². The highest BCUT2D eigenvalue weighted by Gasteiger charge is 2.41. The number of rotatable bonds is 2. The van der Waals surface area contributed by atoms with E-state index in [1.54, 1.807) is 12.1 Å². The zero-order valence-electron chi connectivity index (χ0n) is 12.4. The Balaban J connectivity index is 0.000000324. The molecule has 0 saturated carbocycles. The Hall–Kier alpha value is -2.67. The Morgan fingerprint density at radius 3 is 1.64 bits per heavy atom. The smallest absolute Gasteiger partial charge is 0.504 e. The minimum absolute atomic E-state index is 0.445. The number of para-hydroxylation sites is 1. The topological polar surface area (TPSA) is 53.2 Å². The minimum atomic E-state index is -4.99. The van der Waals surface area contributed by atoms with Gasteiger partial charge >= 0.3 is 20.0 Å². The van der Waals surface area contributed by atoms with Crippen molar-refractivity contribution in [3.05, 3.63) is 65.2 Å². The number of hydrogen-bond donors (Lipinski definition) is 1. The van der Waals surface area contributed by atoms with Crippen molar-refractivity contribution in [1.82, 2.24) is 0 Å². The Kier molecular flexibility index (Phi) is 6.88. The first-order valence-corrected chi connectivity index (χ1v) is 6.57. The predicted molar refractivity (Wildman–Crippen MR) is 77.6 cm³/mol. The molecule has 132 valence electrons. The van der Waals surface area contributed by atoms with Crippen molar-refractivity contribution in [3.8, 4) is 11.8 Å². The van der Waals surface area contributed by atoms with E-state index < -0.39 is 36.9 Å². The van der Waals surface area contributed by atoms with Crippen LogP contribution in [0.15, 0.2) is 48.5 Å². The highest BCUT2D eigenvalue weighted by Crippen LogP contribution is 2.43. The summed E-state index contributed by atoms with van der Waals surface area (Å²) in [6, 6.07) is 12.7. The maximum Gasteiger partial charge on any atom is 0.504 e. The summed E-state index contributed by atoms with van der Waals surface area (Å²) in [5, 5.41) is 16.6. The number of alkyl halides is 6. The van der Waals surface area contributed by atoms with Gasteiger partial charge in [0.1, 0.15) is 5.75 Å². The Labute approximate surface area is 139 Å². The maximum absolute atomic E-state index is 12.4. The van der Waals surface area contributed by atoms with E-state index in [4.69, 9.17) is 10.3 Å². The summed E-state index contributed by atoms with van der Waals surface area (Å²) in [6.45, 7) is 0. The van der Waals surface area contributed by atoms with Gasteiger partial charge in [0.2, 0.25) is 0 Å². The lowest BCUT2D eigenvalue weighted by atomic mass is 10.1. The number of nitriles is 1. The molecular formula is C15H10BF6NO2. The third-order valence-corrected chi connectivity index (χ3v) is 2.74. The molecule has 25 heavy (non-hydrogen) atoms. The van der Waals surface area contributed by atoms with Gasteiger partial charge in [0.15, 0.2) is 0 Å². The highest BCUT2D eigenvalue weighted by molar-refractivity contribution is 6.17. The normalized spacial score (nSPS) is 11.0. The average molecular weight is 361 g/mol. The molecule has 0 aliphatic heterocycles. The zero-order valence-corrected chi connectivity index (χ0v) is 12.4. The van der Waals surface area contributed by atoms with E-state index in [1.165, 1.54) is 0 Å². The number of hydrogen-bond acceptors (Lipinski definition) is 3. The molecule has 1 N–H and O–H groups in total. The predicted octanol–water partition coefficient (Wildman–Crippen LogP) is 3.92. The highest BCUT2D eigenvalue weighted by atomic mass is 19.4. The van der Waals surface area contributed by atoms with E-state index in [-0.39, 0.29) is 0 Å². The monoisotopic (exact) mass is 361 g/mol. The van der Waals surface area contributed by atoms with Gasteiger partial charge in [0.05, 0.1) is 22.8 Å². The first-order valence-electron chi connectivity index (χ1n) is 6.57. The SMILES string of the molecule is N#Cc1ccccc1.OBOc1c(C(F)(F)F)cccc1C(F)(F)F. The largest absolute Gasteiger partial charge is 0.538 e. The second-order valence-electron chi connectivity index (χ2n) is 4.43. The van der Waals surface area contributed by atoms with Crippen LogP contribution in [0.1, 0.15) is 16.7 Å².